The monoisotopic (exact) mass is 394 g/mol. The fourth-order valence-corrected chi connectivity index (χ4v) is 5.44. The average molecular weight is 395 g/mol. The smallest absolute Gasteiger partial charge is 0.328 e. The van der Waals surface area contributed by atoms with Gasteiger partial charge in [0, 0.05) is 29.9 Å². The van der Waals surface area contributed by atoms with E-state index in [1.165, 1.54) is 16.5 Å². The summed E-state index contributed by atoms with van der Waals surface area (Å²) in [6.45, 7) is 3.10. The van der Waals surface area contributed by atoms with Crippen molar-refractivity contribution in [3.05, 3.63) is 47.8 Å². The average Bonchev–Trinajstić information content (AvgIpc) is 2.66. The van der Waals surface area contributed by atoms with Gasteiger partial charge in [-0.05, 0) is 61.9 Å². The predicted octanol–water partition coefficient (Wildman–Crippen LogP) is 4.07. The quantitative estimate of drug-likeness (QED) is 0.648. The normalized spacial score (nSPS) is 19.9. The van der Waals surface area contributed by atoms with Gasteiger partial charge in [-0.2, -0.15) is 0 Å². The molecule has 1 saturated carbocycles. The largest absolute Gasteiger partial charge is 0.478 e. The van der Waals surface area contributed by atoms with E-state index in [1.807, 2.05) is 0 Å². The Morgan fingerprint density at radius 3 is 2.82 bits per heavy atom. The Morgan fingerprint density at radius 2 is 2.04 bits per heavy atom. The molecule has 1 saturated heterocycles. The highest BCUT2D eigenvalue weighted by molar-refractivity contribution is 7.99. The Labute approximate surface area is 168 Å². The summed E-state index contributed by atoms with van der Waals surface area (Å²) in [5, 5.41) is 13.2. The number of benzene rings is 1. The van der Waals surface area contributed by atoms with Crippen molar-refractivity contribution in [1.82, 2.24) is 14.9 Å². The second-order valence-electron chi connectivity index (χ2n) is 8.04. The van der Waals surface area contributed by atoms with Gasteiger partial charge in [0.1, 0.15) is 5.03 Å². The first-order valence-corrected chi connectivity index (χ1v) is 10.4. The van der Waals surface area contributed by atoms with E-state index in [0.717, 1.165) is 67.4 Å². The van der Waals surface area contributed by atoms with Crippen LogP contribution in [-0.4, -0.2) is 39.0 Å². The van der Waals surface area contributed by atoms with Gasteiger partial charge >= 0.3 is 5.97 Å². The van der Waals surface area contributed by atoms with E-state index >= 15 is 0 Å². The van der Waals surface area contributed by atoms with E-state index in [1.54, 1.807) is 24.2 Å². The molecule has 3 heterocycles. The minimum absolute atomic E-state index is 0.355. The maximum absolute atomic E-state index is 10.8. The van der Waals surface area contributed by atoms with Gasteiger partial charge in [0.25, 0.3) is 0 Å². The zero-order valence-electron chi connectivity index (χ0n) is 15.5. The number of hydrogen-bond acceptors (Lipinski definition) is 6. The second kappa shape index (κ2) is 6.90. The number of likely N-dealkylation sites (tertiary alicyclic amines) is 1. The molecule has 6 nitrogen and oxygen atoms in total. The fraction of sp³-hybridized carbons (Fsp3) is 0.381. The number of allylic oxidation sites excluding steroid dienone is 1. The maximum Gasteiger partial charge on any atom is 0.328 e. The van der Waals surface area contributed by atoms with Crippen LogP contribution in [0.25, 0.3) is 0 Å². The maximum atomic E-state index is 10.8. The summed E-state index contributed by atoms with van der Waals surface area (Å²) < 4.78 is 0. The zero-order chi connectivity index (χ0) is 19.1. The van der Waals surface area contributed by atoms with Crippen molar-refractivity contribution in [3.8, 4) is 0 Å². The highest BCUT2D eigenvalue weighted by atomic mass is 32.2. The second-order valence-corrected chi connectivity index (χ2v) is 9.07. The Kier molecular flexibility index (Phi) is 4.36. The number of anilines is 2. The summed E-state index contributed by atoms with van der Waals surface area (Å²) in [5.41, 5.74) is 3.86. The number of rotatable bonds is 3. The van der Waals surface area contributed by atoms with Gasteiger partial charge in [0.05, 0.1) is 5.69 Å². The van der Waals surface area contributed by atoms with Crippen LogP contribution >= 0.6 is 11.8 Å². The molecule has 3 aliphatic rings. The van der Waals surface area contributed by atoms with Crippen molar-refractivity contribution < 1.29 is 9.90 Å². The first kappa shape index (κ1) is 17.7. The van der Waals surface area contributed by atoms with Gasteiger partial charge in [-0.3, -0.25) is 4.90 Å². The number of carboxylic acid groups (broad SMARTS) is 1. The number of hydrogen-bond donors (Lipinski definition) is 2. The van der Waals surface area contributed by atoms with Crippen LogP contribution in [0.1, 0.15) is 31.2 Å². The highest BCUT2D eigenvalue weighted by Gasteiger charge is 2.42. The molecular weight excluding hydrogens is 372 g/mol. The van der Waals surface area contributed by atoms with Gasteiger partial charge < -0.3 is 10.4 Å². The number of carboxylic acids is 1. The molecule has 0 atom stereocenters. The molecule has 2 aromatic rings. The molecule has 1 aromatic heterocycles. The molecule has 2 N–H and O–H groups in total. The molecule has 144 valence electrons. The van der Waals surface area contributed by atoms with Crippen LogP contribution < -0.4 is 5.32 Å². The zero-order valence-corrected chi connectivity index (χ0v) is 16.3. The Hall–Kier alpha value is -2.38. The van der Waals surface area contributed by atoms with Crippen molar-refractivity contribution in [2.45, 2.75) is 42.1 Å². The van der Waals surface area contributed by atoms with Crippen molar-refractivity contribution in [1.29, 1.82) is 0 Å². The molecule has 0 radical (unpaired) electrons. The summed E-state index contributed by atoms with van der Waals surface area (Å²) in [7, 11) is 0. The Morgan fingerprint density at radius 1 is 1.25 bits per heavy atom. The summed E-state index contributed by atoms with van der Waals surface area (Å²) in [6.07, 6.45) is 9.08. The molecular formula is C21H22N4O2S. The number of piperidine rings is 1. The number of aliphatic carboxylic acids is 1. The molecule has 0 bridgehead atoms. The number of aromatic nitrogens is 2. The molecule has 28 heavy (non-hydrogen) atoms. The highest BCUT2D eigenvalue weighted by Crippen LogP contribution is 2.52. The lowest BCUT2D eigenvalue weighted by Gasteiger charge is -2.49. The molecule has 7 heteroatoms. The Bertz CT molecular complexity index is 957. The van der Waals surface area contributed by atoms with E-state index in [4.69, 9.17) is 5.11 Å². The van der Waals surface area contributed by atoms with E-state index < -0.39 is 5.97 Å². The van der Waals surface area contributed by atoms with Crippen LogP contribution in [0.2, 0.25) is 0 Å². The summed E-state index contributed by atoms with van der Waals surface area (Å²) >= 11 is 1.66. The fourth-order valence-electron chi connectivity index (χ4n) is 4.57. The molecule has 1 aliphatic carbocycles. The topological polar surface area (TPSA) is 78.4 Å². The first-order valence-electron chi connectivity index (χ1n) is 9.62. The summed E-state index contributed by atoms with van der Waals surface area (Å²) in [5.74, 6) is 0.0161. The predicted molar refractivity (Wildman–Crippen MR) is 108 cm³/mol. The SMILES string of the molecule is O=C(O)C=C1CC2(CCN(Cc3ccc4c(c3)Nc3nccnc3S4)CC2)C1. The van der Waals surface area contributed by atoms with Crippen LogP contribution in [0.4, 0.5) is 11.5 Å². The number of fused-ring (bicyclic) bond motifs is 2. The van der Waals surface area contributed by atoms with Gasteiger partial charge in [-0.1, -0.05) is 23.4 Å². The van der Waals surface area contributed by atoms with Crippen molar-refractivity contribution in [3.63, 3.8) is 0 Å². The molecule has 5 rings (SSSR count). The van der Waals surface area contributed by atoms with Gasteiger partial charge in [0.2, 0.25) is 0 Å². The van der Waals surface area contributed by atoms with Gasteiger partial charge in [-0.25, -0.2) is 14.8 Å². The van der Waals surface area contributed by atoms with Crippen molar-refractivity contribution >= 4 is 29.2 Å². The molecule has 2 aliphatic heterocycles. The van der Waals surface area contributed by atoms with Crippen LogP contribution in [0, 0.1) is 5.41 Å². The number of nitrogens with one attached hydrogen (secondary N) is 1. The standard InChI is InChI=1S/C21H22N4O2S/c26-18(27)10-15-11-21(12-15)3-7-25(8-4-21)13-14-1-2-17-16(9-14)24-19-20(28-17)23-6-5-22-19/h1-2,5-6,9-10H,3-4,7-8,11-13H2,(H,22,24)(H,26,27). The third-order valence-corrected chi connectivity index (χ3v) is 7.09. The first-order chi connectivity index (χ1) is 13.6. The lowest BCUT2D eigenvalue weighted by molar-refractivity contribution is -0.131. The minimum Gasteiger partial charge on any atom is -0.478 e. The number of nitrogens with zero attached hydrogens (tertiary/aromatic N) is 3. The minimum atomic E-state index is -0.810. The molecule has 1 aromatic carbocycles. The molecule has 0 amide bonds. The number of carbonyl (C=O) groups is 1. The third-order valence-electron chi connectivity index (χ3n) is 6.02. The van der Waals surface area contributed by atoms with Crippen LogP contribution in [-0.2, 0) is 11.3 Å². The van der Waals surface area contributed by atoms with Gasteiger partial charge in [0.15, 0.2) is 5.82 Å². The van der Waals surface area contributed by atoms with E-state index in [2.05, 4.69) is 38.4 Å². The Balaban J connectivity index is 1.20. The van der Waals surface area contributed by atoms with Crippen LogP contribution in [0.15, 0.2) is 52.2 Å². The summed E-state index contributed by atoms with van der Waals surface area (Å²) in [6, 6.07) is 6.60. The lowest BCUT2D eigenvalue weighted by Crippen LogP contribution is -2.44. The van der Waals surface area contributed by atoms with E-state index in [9.17, 15) is 4.79 Å². The third kappa shape index (κ3) is 3.40. The molecule has 0 unspecified atom stereocenters. The molecule has 2 fully saturated rings. The lowest BCUT2D eigenvalue weighted by atomic mass is 9.60. The van der Waals surface area contributed by atoms with Crippen LogP contribution in [0.3, 0.4) is 0 Å². The van der Waals surface area contributed by atoms with Gasteiger partial charge in [-0.15, -0.1) is 0 Å². The van der Waals surface area contributed by atoms with Crippen LogP contribution in [0.5, 0.6) is 0 Å². The van der Waals surface area contributed by atoms with Crippen molar-refractivity contribution in [2.24, 2.45) is 5.41 Å². The van der Waals surface area contributed by atoms with Crippen molar-refractivity contribution in [2.75, 3.05) is 18.4 Å². The molecule has 1 spiro atoms. The summed E-state index contributed by atoms with van der Waals surface area (Å²) in [4.78, 5) is 23.2. The van der Waals surface area contributed by atoms with E-state index in [-0.39, 0.29) is 0 Å². The van der Waals surface area contributed by atoms with E-state index in [0.29, 0.717) is 5.41 Å².